The number of hydrogen-bond donors (Lipinski definition) is 1. The fraction of sp³-hybridized carbons (Fsp3) is 0.562. The van der Waals surface area contributed by atoms with Crippen LogP contribution in [0.4, 0.5) is 0 Å². The van der Waals surface area contributed by atoms with E-state index in [0.29, 0.717) is 11.6 Å². The van der Waals surface area contributed by atoms with E-state index in [1.165, 1.54) is 0 Å². The zero-order valence-corrected chi connectivity index (χ0v) is 13.6. The van der Waals surface area contributed by atoms with E-state index in [1.807, 2.05) is 24.3 Å². The summed E-state index contributed by atoms with van der Waals surface area (Å²) in [5.41, 5.74) is 5.85. The van der Waals surface area contributed by atoms with Crippen LogP contribution in [0.3, 0.4) is 0 Å². The molecule has 1 aliphatic rings. The van der Waals surface area contributed by atoms with Gasteiger partial charge in [0.1, 0.15) is 6.61 Å². The number of likely N-dealkylation sites (tertiary alicyclic amines) is 1. The molecule has 0 radical (unpaired) electrons. The monoisotopic (exact) mass is 308 g/mol. The molecule has 0 unspecified atom stereocenters. The summed E-state index contributed by atoms with van der Waals surface area (Å²) >= 11 is 5.17. The van der Waals surface area contributed by atoms with Gasteiger partial charge in [0.2, 0.25) is 0 Å². The summed E-state index contributed by atoms with van der Waals surface area (Å²) in [6.45, 7) is 5.76. The second-order valence-electron chi connectivity index (χ2n) is 5.77. The topological polar surface area (TPSA) is 47.7 Å². The van der Waals surface area contributed by atoms with Crippen molar-refractivity contribution in [2.75, 3.05) is 33.4 Å². The van der Waals surface area contributed by atoms with Gasteiger partial charge in [-0.05, 0) is 38.1 Å². The largest absolute Gasteiger partial charge is 0.493 e. The van der Waals surface area contributed by atoms with Crippen molar-refractivity contribution in [1.29, 1.82) is 0 Å². The second kappa shape index (κ2) is 7.09. The van der Waals surface area contributed by atoms with E-state index in [0.717, 1.165) is 44.0 Å². The third-order valence-electron chi connectivity index (χ3n) is 4.29. The molecule has 21 heavy (non-hydrogen) atoms. The van der Waals surface area contributed by atoms with Gasteiger partial charge in [-0.25, -0.2) is 0 Å². The number of hydrogen-bond acceptors (Lipinski definition) is 4. The molecule has 1 heterocycles. The first-order valence-electron chi connectivity index (χ1n) is 7.33. The Kier molecular flexibility index (Phi) is 5.42. The maximum atomic E-state index is 5.83. The molecule has 1 fully saturated rings. The highest BCUT2D eigenvalue weighted by Gasteiger charge is 2.32. The van der Waals surface area contributed by atoms with Gasteiger partial charge in [0.25, 0.3) is 0 Å². The minimum atomic E-state index is 0.0232. The number of para-hydroxylation sites is 2. The molecule has 0 amide bonds. The average Bonchev–Trinajstić information content (AvgIpc) is 2.50. The Morgan fingerprint density at radius 2 is 1.90 bits per heavy atom. The van der Waals surface area contributed by atoms with Gasteiger partial charge < -0.3 is 15.2 Å². The summed E-state index contributed by atoms with van der Waals surface area (Å²) in [5, 5.41) is 0. The molecule has 0 atom stereocenters. The number of rotatable bonds is 6. The fourth-order valence-corrected chi connectivity index (χ4v) is 2.74. The van der Waals surface area contributed by atoms with Crippen LogP contribution in [0.1, 0.15) is 19.8 Å². The molecule has 116 valence electrons. The number of piperidine rings is 1. The first-order chi connectivity index (χ1) is 10.0. The van der Waals surface area contributed by atoms with Crippen molar-refractivity contribution in [3.8, 4) is 11.5 Å². The summed E-state index contributed by atoms with van der Waals surface area (Å²) in [5.74, 6) is 1.57. The maximum Gasteiger partial charge on any atom is 0.161 e. The molecule has 0 spiro atoms. The molecular formula is C16H24N2O2S. The molecule has 5 heteroatoms. The van der Waals surface area contributed by atoms with Gasteiger partial charge in [-0.1, -0.05) is 31.3 Å². The Labute approximate surface area is 132 Å². The number of methoxy groups -OCH3 is 1. The summed E-state index contributed by atoms with van der Waals surface area (Å²) in [6, 6.07) is 7.72. The second-order valence-corrected chi connectivity index (χ2v) is 6.21. The molecule has 1 aromatic carbocycles. The summed E-state index contributed by atoms with van der Waals surface area (Å²) < 4.78 is 11.1. The third kappa shape index (κ3) is 4.08. The Balaban J connectivity index is 1.77. The van der Waals surface area contributed by atoms with Crippen molar-refractivity contribution < 1.29 is 9.47 Å². The fourth-order valence-electron chi connectivity index (χ4n) is 2.54. The molecule has 2 N–H and O–H groups in total. The Morgan fingerprint density at radius 1 is 1.29 bits per heavy atom. The van der Waals surface area contributed by atoms with Gasteiger partial charge in [-0.3, -0.25) is 4.90 Å². The average molecular weight is 308 g/mol. The van der Waals surface area contributed by atoms with Crippen LogP contribution in [0.15, 0.2) is 24.3 Å². The smallest absolute Gasteiger partial charge is 0.161 e. The van der Waals surface area contributed by atoms with Crippen LogP contribution >= 0.6 is 12.2 Å². The lowest BCUT2D eigenvalue weighted by Crippen LogP contribution is -2.45. The van der Waals surface area contributed by atoms with Crippen LogP contribution in [0.5, 0.6) is 11.5 Å². The predicted octanol–water partition coefficient (Wildman–Crippen LogP) is 2.46. The van der Waals surface area contributed by atoms with Crippen LogP contribution in [0.25, 0.3) is 0 Å². The predicted molar refractivity (Wildman–Crippen MR) is 89.1 cm³/mol. The van der Waals surface area contributed by atoms with Gasteiger partial charge >= 0.3 is 0 Å². The van der Waals surface area contributed by atoms with E-state index >= 15 is 0 Å². The van der Waals surface area contributed by atoms with E-state index in [2.05, 4.69) is 11.8 Å². The standard InChI is InChI=1S/C16H24N2O2S/c1-16(15(17)21)7-9-18(10-8-16)11-12-20-14-6-4-3-5-13(14)19-2/h3-6H,7-12H2,1-2H3,(H2,17,21). The zero-order valence-electron chi connectivity index (χ0n) is 12.8. The quantitative estimate of drug-likeness (QED) is 0.818. The number of ether oxygens (including phenoxy) is 2. The summed E-state index contributed by atoms with van der Waals surface area (Å²) in [6.07, 6.45) is 2.05. The van der Waals surface area contributed by atoms with Crippen LogP contribution in [-0.4, -0.2) is 43.2 Å². The van der Waals surface area contributed by atoms with Crippen molar-refractivity contribution in [2.45, 2.75) is 19.8 Å². The first-order valence-corrected chi connectivity index (χ1v) is 7.74. The number of nitrogens with two attached hydrogens (primary N) is 1. The van der Waals surface area contributed by atoms with Crippen molar-refractivity contribution in [3.05, 3.63) is 24.3 Å². The Morgan fingerprint density at radius 3 is 2.48 bits per heavy atom. The Hall–Kier alpha value is -1.33. The van der Waals surface area contributed by atoms with Crippen molar-refractivity contribution in [3.63, 3.8) is 0 Å². The van der Waals surface area contributed by atoms with Crippen molar-refractivity contribution in [2.24, 2.45) is 11.1 Å². The van der Waals surface area contributed by atoms with E-state index < -0.39 is 0 Å². The lowest BCUT2D eigenvalue weighted by atomic mass is 9.80. The molecule has 0 aromatic heterocycles. The van der Waals surface area contributed by atoms with Crippen molar-refractivity contribution in [1.82, 2.24) is 4.90 Å². The van der Waals surface area contributed by atoms with E-state index in [-0.39, 0.29) is 5.41 Å². The molecule has 0 aliphatic carbocycles. The minimum absolute atomic E-state index is 0.0232. The molecule has 4 nitrogen and oxygen atoms in total. The summed E-state index contributed by atoms with van der Waals surface area (Å²) in [4.78, 5) is 3.04. The zero-order chi connectivity index (χ0) is 15.3. The van der Waals surface area contributed by atoms with Gasteiger partial charge in [-0.15, -0.1) is 0 Å². The van der Waals surface area contributed by atoms with E-state index in [9.17, 15) is 0 Å². The van der Waals surface area contributed by atoms with Crippen LogP contribution in [0, 0.1) is 5.41 Å². The number of thiocarbonyl (C=S) groups is 1. The summed E-state index contributed by atoms with van der Waals surface area (Å²) in [7, 11) is 1.66. The highest BCUT2D eigenvalue weighted by atomic mass is 32.1. The highest BCUT2D eigenvalue weighted by Crippen LogP contribution is 2.31. The molecule has 0 saturated carbocycles. The highest BCUT2D eigenvalue weighted by molar-refractivity contribution is 7.80. The van der Waals surface area contributed by atoms with Crippen molar-refractivity contribution >= 4 is 17.2 Å². The maximum absolute atomic E-state index is 5.83. The SMILES string of the molecule is COc1ccccc1OCCN1CCC(C)(C(N)=S)CC1. The lowest BCUT2D eigenvalue weighted by molar-refractivity contribution is 0.139. The lowest BCUT2D eigenvalue weighted by Gasteiger charge is -2.38. The van der Waals surface area contributed by atoms with Gasteiger partial charge in [0, 0.05) is 12.0 Å². The van der Waals surface area contributed by atoms with Gasteiger partial charge in [0.05, 0.1) is 12.1 Å². The minimum Gasteiger partial charge on any atom is -0.493 e. The van der Waals surface area contributed by atoms with Crippen LogP contribution in [-0.2, 0) is 0 Å². The van der Waals surface area contributed by atoms with E-state index in [1.54, 1.807) is 7.11 Å². The number of nitrogens with zero attached hydrogens (tertiary/aromatic N) is 1. The van der Waals surface area contributed by atoms with Crippen LogP contribution < -0.4 is 15.2 Å². The molecule has 0 bridgehead atoms. The molecule has 1 aliphatic heterocycles. The Bertz CT molecular complexity index is 485. The number of benzene rings is 1. The van der Waals surface area contributed by atoms with Gasteiger partial charge in [-0.2, -0.15) is 0 Å². The third-order valence-corrected chi connectivity index (χ3v) is 4.78. The van der Waals surface area contributed by atoms with Gasteiger partial charge in [0.15, 0.2) is 11.5 Å². The normalized spacial score (nSPS) is 18.2. The molecular weight excluding hydrogens is 284 g/mol. The molecule has 2 rings (SSSR count). The molecule has 1 saturated heterocycles. The van der Waals surface area contributed by atoms with E-state index in [4.69, 9.17) is 27.4 Å². The first kappa shape index (κ1) is 16.0. The van der Waals surface area contributed by atoms with Crippen LogP contribution in [0.2, 0.25) is 0 Å². The molecule has 1 aromatic rings.